The van der Waals surface area contributed by atoms with Gasteiger partial charge in [0.2, 0.25) is 10.0 Å². The Bertz CT molecular complexity index is 867. The normalized spacial score (nSPS) is 12.3. The van der Waals surface area contributed by atoms with E-state index in [0.717, 1.165) is 16.3 Å². The maximum Gasteiger partial charge on any atom is 0.265 e. The molecule has 0 saturated heterocycles. The van der Waals surface area contributed by atoms with Crippen molar-refractivity contribution >= 4 is 43.2 Å². The quantitative estimate of drug-likeness (QED) is 0.739. The maximum atomic E-state index is 12.2. The molecule has 2 rings (SSSR count). The van der Waals surface area contributed by atoms with Crippen molar-refractivity contribution in [3.63, 3.8) is 0 Å². The van der Waals surface area contributed by atoms with E-state index >= 15 is 0 Å². The van der Waals surface area contributed by atoms with Crippen LogP contribution in [0, 0.1) is 6.92 Å². The molecule has 0 fully saturated rings. The first kappa shape index (κ1) is 19.3. The molecule has 0 bridgehead atoms. The average molecular weight is 427 g/mol. The standard InChI is InChI=1S/C17H19BrN2O4S/c1-11-4-9-16(15(18)10-11)24-12(2)17(21)19-13-5-7-14(8-6-13)20-25(3,22)23/h4-10,12,20H,1-3H3,(H,19,21). The predicted molar refractivity (Wildman–Crippen MR) is 103 cm³/mol. The minimum absolute atomic E-state index is 0.309. The van der Waals surface area contributed by atoms with Gasteiger partial charge in [-0.05, 0) is 71.7 Å². The molecule has 2 aromatic rings. The number of anilines is 2. The molecule has 1 amide bonds. The number of amides is 1. The number of rotatable bonds is 6. The Kier molecular flexibility index (Phi) is 6.07. The van der Waals surface area contributed by atoms with E-state index in [4.69, 9.17) is 4.74 Å². The summed E-state index contributed by atoms with van der Waals surface area (Å²) in [6.07, 6.45) is 0.373. The van der Waals surface area contributed by atoms with Crippen LogP contribution in [0.5, 0.6) is 5.75 Å². The summed E-state index contributed by atoms with van der Waals surface area (Å²) in [5.41, 5.74) is 2.05. The topological polar surface area (TPSA) is 84.5 Å². The van der Waals surface area contributed by atoms with Gasteiger partial charge in [-0.15, -0.1) is 0 Å². The second-order valence-electron chi connectivity index (χ2n) is 5.63. The van der Waals surface area contributed by atoms with Crippen LogP contribution in [0.3, 0.4) is 0 Å². The van der Waals surface area contributed by atoms with Crippen molar-refractivity contribution in [2.45, 2.75) is 20.0 Å². The molecule has 2 N–H and O–H groups in total. The summed E-state index contributed by atoms with van der Waals surface area (Å²) in [6.45, 7) is 3.62. The lowest BCUT2D eigenvalue weighted by Crippen LogP contribution is -2.30. The van der Waals surface area contributed by atoms with Crippen molar-refractivity contribution in [2.75, 3.05) is 16.3 Å². The number of nitrogens with one attached hydrogen (secondary N) is 2. The summed E-state index contributed by atoms with van der Waals surface area (Å²) in [5, 5.41) is 2.73. The lowest BCUT2D eigenvalue weighted by molar-refractivity contribution is -0.122. The molecule has 0 spiro atoms. The molecule has 0 saturated carbocycles. The predicted octanol–water partition coefficient (Wildman–Crippen LogP) is 3.54. The Balaban J connectivity index is 1.98. The van der Waals surface area contributed by atoms with Crippen LogP contribution in [0.25, 0.3) is 0 Å². The van der Waals surface area contributed by atoms with Crippen molar-refractivity contribution in [3.8, 4) is 5.75 Å². The lowest BCUT2D eigenvalue weighted by Gasteiger charge is -2.16. The molecule has 0 radical (unpaired) electrons. The number of sulfonamides is 1. The van der Waals surface area contributed by atoms with E-state index in [1.165, 1.54) is 0 Å². The number of hydrogen-bond donors (Lipinski definition) is 2. The van der Waals surface area contributed by atoms with E-state index in [2.05, 4.69) is 26.0 Å². The fourth-order valence-corrected chi connectivity index (χ4v) is 3.18. The van der Waals surface area contributed by atoms with Crippen LogP contribution < -0.4 is 14.8 Å². The Morgan fingerprint density at radius 3 is 2.28 bits per heavy atom. The van der Waals surface area contributed by atoms with Gasteiger partial charge in [0.1, 0.15) is 5.75 Å². The van der Waals surface area contributed by atoms with Crippen LogP contribution in [0.15, 0.2) is 46.9 Å². The van der Waals surface area contributed by atoms with Crippen LogP contribution in [0.4, 0.5) is 11.4 Å². The van der Waals surface area contributed by atoms with E-state index in [1.54, 1.807) is 37.3 Å². The zero-order chi connectivity index (χ0) is 18.6. The van der Waals surface area contributed by atoms with Crippen LogP contribution >= 0.6 is 15.9 Å². The molecule has 0 aromatic heterocycles. The summed E-state index contributed by atoms with van der Waals surface area (Å²) in [6, 6.07) is 12.0. The molecule has 134 valence electrons. The van der Waals surface area contributed by atoms with Crippen LogP contribution in [-0.2, 0) is 14.8 Å². The highest BCUT2D eigenvalue weighted by atomic mass is 79.9. The second kappa shape index (κ2) is 7.88. The molecule has 0 aliphatic heterocycles. The van der Waals surface area contributed by atoms with Crippen LogP contribution in [-0.4, -0.2) is 26.7 Å². The zero-order valence-electron chi connectivity index (χ0n) is 14.0. The summed E-state index contributed by atoms with van der Waals surface area (Å²) < 4.78 is 31.2. The maximum absolute atomic E-state index is 12.2. The summed E-state index contributed by atoms with van der Waals surface area (Å²) in [4.78, 5) is 12.2. The molecule has 8 heteroatoms. The second-order valence-corrected chi connectivity index (χ2v) is 8.24. The number of hydrogen-bond acceptors (Lipinski definition) is 4. The van der Waals surface area contributed by atoms with Crippen molar-refractivity contribution in [2.24, 2.45) is 0 Å². The third-order valence-corrected chi connectivity index (χ3v) is 4.44. The van der Waals surface area contributed by atoms with Gasteiger partial charge in [0.25, 0.3) is 5.91 Å². The van der Waals surface area contributed by atoms with E-state index in [0.29, 0.717) is 17.1 Å². The fraction of sp³-hybridized carbons (Fsp3) is 0.235. The molecule has 0 heterocycles. The highest BCUT2D eigenvalue weighted by molar-refractivity contribution is 9.10. The van der Waals surface area contributed by atoms with Gasteiger partial charge < -0.3 is 10.1 Å². The molecular weight excluding hydrogens is 408 g/mol. The van der Waals surface area contributed by atoms with E-state index < -0.39 is 16.1 Å². The van der Waals surface area contributed by atoms with Crippen LogP contribution in [0.1, 0.15) is 12.5 Å². The summed E-state index contributed by atoms with van der Waals surface area (Å²) in [7, 11) is -3.33. The van der Waals surface area contributed by atoms with Gasteiger partial charge in [-0.3, -0.25) is 9.52 Å². The highest BCUT2D eigenvalue weighted by Gasteiger charge is 2.16. The Morgan fingerprint density at radius 1 is 1.12 bits per heavy atom. The SMILES string of the molecule is Cc1ccc(OC(C)C(=O)Nc2ccc(NS(C)(=O)=O)cc2)c(Br)c1. The molecule has 2 aromatic carbocycles. The number of ether oxygens (including phenoxy) is 1. The smallest absolute Gasteiger partial charge is 0.265 e. The first-order valence-corrected chi connectivity index (χ1v) is 10.1. The van der Waals surface area contributed by atoms with E-state index in [-0.39, 0.29) is 5.91 Å². The van der Waals surface area contributed by atoms with Crippen molar-refractivity contribution < 1.29 is 17.9 Å². The minimum atomic E-state index is -3.33. The van der Waals surface area contributed by atoms with Crippen molar-refractivity contribution in [1.82, 2.24) is 0 Å². The first-order valence-electron chi connectivity index (χ1n) is 7.45. The number of aryl methyl sites for hydroxylation is 1. The van der Waals surface area contributed by atoms with Crippen molar-refractivity contribution in [1.29, 1.82) is 0 Å². The molecule has 0 aliphatic rings. The van der Waals surface area contributed by atoms with Gasteiger partial charge in [0, 0.05) is 11.4 Å². The van der Waals surface area contributed by atoms with Gasteiger partial charge in [0.15, 0.2) is 6.10 Å². The number of carbonyl (C=O) groups is 1. The van der Waals surface area contributed by atoms with Gasteiger partial charge in [-0.1, -0.05) is 6.07 Å². The Morgan fingerprint density at radius 2 is 1.72 bits per heavy atom. The minimum Gasteiger partial charge on any atom is -0.480 e. The molecule has 25 heavy (non-hydrogen) atoms. The van der Waals surface area contributed by atoms with E-state index in [1.807, 2.05) is 19.1 Å². The average Bonchev–Trinajstić information content (AvgIpc) is 2.50. The van der Waals surface area contributed by atoms with Crippen molar-refractivity contribution in [3.05, 3.63) is 52.5 Å². The highest BCUT2D eigenvalue weighted by Crippen LogP contribution is 2.27. The third-order valence-electron chi connectivity index (χ3n) is 3.22. The number of benzene rings is 2. The Labute approximate surface area is 155 Å². The first-order chi connectivity index (χ1) is 11.6. The van der Waals surface area contributed by atoms with Crippen LogP contribution in [0.2, 0.25) is 0 Å². The zero-order valence-corrected chi connectivity index (χ0v) is 16.4. The van der Waals surface area contributed by atoms with Gasteiger partial charge >= 0.3 is 0 Å². The monoisotopic (exact) mass is 426 g/mol. The third kappa shape index (κ3) is 6.06. The van der Waals surface area contributed by atoms with Gasteiger partial charge in [0.05, 0.1) is 10.7 Å². The molecule has 0 aliphatic carbocycles. The fourth-order valence-electron chi connectivity index (χ4n) is 2.02. The number of carbonyl (C=O) groups excluding carboxylic acids is 1. The number of halogens is 1. The molecular formula is C17H19BrN2O4S. The largest absolute Gasteiger partial charge is 0.480 e. The molecule has 1 atom stereocenters. The van der Waals surface area contributed by atoms with Gasteiger partial charge in [-0.2, -0.15) is 0 Å². The molecule has 1 unspecified atom stereocenters. The Hall–Kier alpha value is -2.06. The summed E-state index contributed by atoms with van der Waals surface area (Å²) >= 11 is 3.41. The lowest BCUT2D eigenvalue weighted by atomic mass is 10.2. The molecule has 6 nitrogen and oxygen atoms in total. The summed E-state index contributed by atoms with van der Waals surface area (Å²) in [5.74, 6) is 0.275. The van der Waals surface area contributed by atoms with Gasteiger partial charge in [-0.25, -0.2) is 8.42 Å². The van der Waals surface area contributed by atoms with E-state index in [9.17, 15) is 13.2 Å².